The molecule has 0 fully saturated rings. The van der Waals surface area contributed by atoms with E-state index in [1.165, 1.54) is 18.2 Å². The lowest BCUT2D eigenvalue weighted by Gasteiger charge is -2.16. The number of carbonyl (C=O) groups excluding carboxylic acids is 1. The number of aliphatic carboxylic acids is 2. The standard InChI is InChI=1S/C19H21F3N2O2.2C2HF3O2/c20-19(21,22)26-16-8-4-7-15(13-16)11-12-24-17(18(23)25)10-9-14-5-2-1-3-6-14;2*3-2(4,5)1(6)7/h1-8,13,17,24H,9-12H2,(H2,23,25);2*(H,6,7). The number of carboxylic acid groups (broad SMARTS) is 2. The van der Waals surface area contributed by atoms with Crippen LogP contribution in [0.25, 0.3) is 0 Å². The summed E-state index contributed by atoms with van der Waals surface area (Å²) < 4.78 is 104. The molecular weight excluding hydrogens is 571 g/mol. The Labute approximate surface area is 220 Å². The van der Waals surface area contributed by atoms with Crippen molar-refractivity contribution >= 4 is 17.8 Å². The number of nitrogens with two attached hydrogens (primary N) is 1. The van der Waals surface area contributed by atoms with Crippen LogP contribution in [0.4, 0.5) is 39.5 Å². The summed E-state index contributed by atoms with van der Waals surface area (Å²) >= 11 is 0. The second-order valence-electron chi connectivity index (χ2n) is 7.48. The quantitative estimate of drug-likeness (QED) is 0.314. The number of halogens is 9. The molecular formula is C23H23F9N2O6. The predicted molar refractivity (Wildman–Crippen MR) is 120 cm³/mol. The van der Waals surface area contributed by atoms with E-state index in [4.69, 9.17) is 25.5 Å². The summed E-state index contributed by atoms with van der Waals surface area (Å²) in [7, 11) is 0. The molecule has 2 aromatic rings. The molecule has 0 saturated carbocycles. The van der Waals surface area contributed by atoms with E-state index in [0.29, 0.717) is 31.4 Å². The molecule has 0 aromatic heterocycles. The highest BCUT2D eigenvalue weighted by atomic mass is 19.4. The first-order valence-corrected chi connectivity index (χ1v) is 10.7. The van der Waals surface area contributed by atoms with Crippen molar-refractivity contribution in [3.05, 3.63) is 65.7 Å². The van der Waals surface area contributed by atoms with Crippen LogP contribution in [0, 0.1) is 0 Å². The number of carboxylic acids is 2. The number of aryl methyl sites for hydroxylation is 1. The van der Waals surface area contributed by atoms with Crippen molar-refractivity contribution in [2.24, 2.45) is 5.73 Å². The number of alkyl halides is 9. The SMILES string of the molecule is NC(=O)C(CCc1ccccc1)NCCc1cccc(OC(F)(F)F)c1.O=C(O)C(F)(F)F.O=C(O)C(F)(F)F. The van der Waals surface area contributed by atoms with Gasteiger partial charge in [0.1, 0.15) is 5.75 Å². The van der Waals surface area contributed by atoms with Crippen molar-refractivity contribution in [2.75, 3.05) is 6.54 Å². The molecule has 40 heavy (non-hydrogen) atoms. The molecule has 0 saturated heterocycles. The van der Waals surface area contributed by atoms with E-state index in [1.54, 1.807) is 6.07 Å². The fourth-order valence-electron chi connectivity index (χ4n) is 2.59. The molecule has 1 atom stereocenters. The van der Waals surface area contributed by atoms with Crippen LogP contribution in [-0.2, 0) is 27.2 Å². The minimum Gasteiger partial charge on any atom is -0.475 e. The first-order chi connectivity index (χ1) is 18.2. The number of primary amides is 1. The van der Waals surface area contributed by atoms with Crippen molar-refractivity contribution in [3.8, 4) is 5.75 Å². The zero-order valence-electron chi connectivity index (χ0n) is 20.1. The third-order valence-electron chi connectivity index (χ3n) is 4.33. The lowest BCUT2D eigenvalue weighted by Crippen LogP contribution is -2.42. The molecule has 0 aliphatic rings. The third kappa shape index (κ3) is 17.5. The number of hydrogen-bond donors (Lipinski definition) is 4. The molecule has 0 heterocycles. The summed E-state index contributed by atoms with van der Waals surface area (Å²) in [4.78, 5) is 29.4. The Hall–Kier alpha value is -4.02. The van der Waals surface area contributed by atoms with E-state index in [-0.39, 0.29) is 5.75 Å². The van der Waals surface area contributed by atoms with Gasteiger partial charge in [0.05, 0.1) is 6.04 Å². The molecule has 5 N–H and O–H groups in total. The molecule has 0 spiro atoms. The zero-order valence-corrected chi connectivity index (χ0v) is 20.1. The topological polar surface area (TPSA) is 139 Å². The molecule has 2 rings (SSSR count). The molecule has 224 valence electrons. The molecule has 2 aromatic carbocycles. The van der Waals surface area contributed by atoms with Gasteiger partial charge < -0.3 is 26.0 Å². The normalized spacial score (nSPS) is 12.1. The fourth-order valence-corrected chi connectivity index (χ4v) is 2.59. The number of amides is 1. The number of ether oxygens (including phenoxy) is 1. The van der Waals surface area contributed by atoms with Gasteiger partial charge in [0, 0.05) is 0 Å². The van der Waals surface area contributed by atoms with Crippen LogP contribution in [0.1, 0.15) is 17.5 Å². The van der Waals surface area contributed by atoms with Crippen LogP contribution in [-0.4, -0.2) is 59.4 Å². The Kier molecular flexibility index (Phi) is 14.5. The average molecular weight is 594 g/mol. The van der Waals surface area contributed by atoms with Crippen LogP contribution in [0.3, 0.4) is 0 Å². The molecule has 0 bridgehead atoms. The summed E-state index contributed by atoms with van der Waals surface area (Å²) in [6.45, 7) is 0.415. The average Bonchev–Trinajstić information content (AvgIpc) is 2.80. The summed E-state index contributed by atoms with van der Waals surface area (Å²) in [6.07, 6.45) is -13.2. The largest absolute Gasteiger partial charge is 0.573 e. The minimum absolute atomic E-state index is 0.259. The van der Waals surface area contributed by atoms with Crippen molar-refractivity contribution in [1.29, 1.82) is 0 Å². The van der Waals surface area contributed by atoms with Crippen molar-refractivity contribution in [3.63, 3.8) is 0 Å². The van der Waals surface area contributed by atoms with Gasteiger partial charge in [0.15, 0.2) is 0 Å². The highest BCUT2D eigenvalue weighted by Gasteiger charge is 2.38. The highest BCUT2D eigenvalue weighted by Crippen LogP contribution is 2.23. The Morgan fingerprint density at radius 2 is 1.25 bits per heavy atom. The summed E-state index contributed by atoms with van der Waals surface area (Å²) in [6, 6.07) is 15.0. The minimum atomic E-state index is -5.08. The monoisotopic (exact) mass is 594 g/mol. The lowest BCUT2D eigenvalue weighted by atomic mass is 10.0. The molecule has 8 nitrogen and oxygen atoms in total. The van der Waals surface area contributed by atoms with Gasteiger partial charge in [-0.05, 0) is 49.1 Å². The van der Waals surface area contributed by atoms with Gasteiger partial charge in [-0.3, -0.25) is 4.79 Å². The van der Waals surface area contributed by atoms with Crippen molar-refractivity contribution in [2.45, 2.75) is 44.0 Å². The molecule has 17 heteroatoms. The van der Waals surface area contributed by atoms with Crippen LogP contribution in [0.2, 0.25) is 0 Å². The number of nitrogens with one attached hydrogen (secondary N) is 1. The highest BCUT2D eigenvalue weighted by molar-refractivity contribution is 5.79. The maximum atomic E-state index is 12.3. The maximum absolute atomic E-state index is 12.3. The van der Waals surface area contributed by atoms with E-state index in [0.717, 1.165) is 5.56 Å². The summed E-state index contributed by atoms with van der Waals surface area (Å²) in [5, 5.41) is 17.3. The smallest absolute Gasteiger partial charge is 0.475 e. The number of carbonyl (C=O) groups is 3. The fraction of sp³-hybridized carbons (Fsp3) is 0.348. The van der Waals surface area contributed by atoms with Crippen LogP contribution in [0.5, 0.6) is 5.75 Å². The van der Waals surface area contributed by atoms with Gasteiger partial charge in [-0.2, -0.15) is 26.3 Å². The number of rotatable bonds is 9. The molecule has 0 aliphatic carbocycles. The molecule has 1 amide bonds. The van der Waals surface area contributed by atoms with Crippen molar-refractivity contribution in [1.82, 2.24) is 5.32 Å². The van der Waals surface area contributed by atoms with Gasteiger partial charge in [-0.25, -0.2) is 9.59 Å². The van der Waals surface area contributed by atoms with Gasteiger partial charge in [0.2, 0.25) is 5.91 Å². The Bertz CT molecular complexity index is 1050. The van der Waals surface area contributed by atoms with E-state index in [9.17, 15) is 44.3 Å². The Morgan fingerprint density at radius 3 is 1.68 bits per heavy atom. The van der Waals surface area contributed by atoms with Crippen molar-refractivity contribution < 1.29 is 68.8 Å². The zero-order chi connectivity index (χ0) is 31.1. The first kappa shape index (κ1) is 36.0. The van der Waals surface area contributed by atoms with Crippen LogP contribution in [0.15, 0.2) is 54.6 Å². The molecule has 0 radical (unpaired) electrons. The van der Waals surface area contributed by atoms with E-state index < -0.39 is 42.6 Å². The van der Waals surface area contributed by atoms with E-state index in [2.05, 4.69) is 10.1 Å². The molecule has 0 aliphatic heterocycles. The van der Waals surface area contributed by atoms with Gasteiger partial charge in [0.25, 0.3) is 0 Å². The van der Waals surface area contributed by atoms with Gasteiger partial charge in [-0.1, -0.05) is 42.5 Å². The number of hydrogen-bond acceptors (Lipinski definition) is 5. The first-order valence-electron chi connectivity index (χ1n) is 10.7. The van der Waals surface area contributed by atoms with E-state index in [1.807, 2.05) is 30.3 Å². The Balaban J connectivity index is 0.000000894. The maximum Gasteiger partial charge on any atom is 0.573 e. The third-order valence-corrected chi connectivity index (χ3v) is 4.33. The number of benzene rings is 2. The van der Waals surface area contributed by atoms with Crippen LogP contribution < -0.4 is 15.8 Å². The van der Waals surface area contributed by atoms with E-state index >= 15 is 0 Å². The second-order valence-corrected chi connectivity index (χ2v) is 7.48. The summed E-state index contributed by atoms with van der Waals surface area (Å²) in [5.41, 5.74) is 7.21. The predicted octanol–water partition coefficient (Wildman–Crippen LogP) is 4.47. The van der Waals surface area contributed by atoms with Gasteiger partial charge >= 0.3 is 30.7 Å². The summed E-state index contributed by atoms with van der Waals surface area (Å²) in [5.74, 6) is -6.22. The second kappa shape index (κ2) is 16.2. The lowest BCUT2D eigenvalue weighted by molar-refractivity contribution is -0.274. The molecule has 1 unspecified atom stereocenters. The Morgan fingerprint density at radius 1 is 0.775 bits per heavy atom. The van der Waals surface area contributed by atoms with Gasteiger partial charge in [-0.15, -0.1) is 13.2 Å². The van der Waals surface area contributed by atoms with Crippen LogP contribution >= 0.6 is 0 Å².